The maximum Gasteiger partial charge on any atom is 0.0708 e. The zero-order valence-electron chi connectivity index (χ0n) is 12.9. The van der Waals surface area contributed by atoms with Gasteiger partial charge in [-0.05, 0) is 50.3 Å². The molecule has 1 saturated heterocycles. The second-order valence-corrected chi connectivity index (χ2v) is 7.14. The lowest BCUT2D eigenvalue weighted by molar-refractivity contribution is -0.0628. The highest BCUT2D eigenvalue weighted by Crippen LogP contribution is 2.41. The minimum absolute atomic E-state index is 0.230. The Bertz CT molecular complexity index is 453. The number of benzene rings is 1. The van der Waals surface area contributed by atoms with Gasteiger partial charge in [0.05, 0.1) is 11.7 Å². The summed E-state index contributed by atoms with van der Waals surface area (Å²) in [6.45, 7) is 3.15. The van der Waals surface area contributed by atoms with Crippen LogP contribution in [0.15, 0.2) is 24.3 Å². The SMILES string of the molecule is CC(NCC1CCC2(CCCCC2)O1)c1ccc(Cl)cc1. The molecule has 1 aliphatic heterocycles. The third kappa shape index (κ3) is 3.80. The van der Waals surface area contributed by atoms with E-state index in [0.717, 1.165) is 11.6 Å². The van der Waals surface area contributed by atoms with Crippen molar-refractivity contribution >= 4 is 11.6 Å². The number of hydrogen-bond acceptors (Lipinski definition) is 2. The molecule has 1 heterocycles. The van der Waals surface area contributed by atoms with E-state index in [9.17, 15) is 0 Å². The predicted molar refractivity (Wildman–Crippen MR) is 87.8 cm³/mol. The van der Waals surface area contributed by atoms with Gasteiger partial charge in [-0.1, -0.05) is 43.0 Å². The smallest absolute Gasteiger partial charge is 0.0708 e. The van der Waals surface area contributed by atoms with Crippen molar-refractivity contribution in [3.63, 3.8) is 0 Å². The number of hydrogen-bond donors (Lipinski definition) is 1. The van der Waals surface area contributed by atoms with Crippen LogP contribution in [0.4, 0.5) is 0 Å². The van der Waals surface area contributed by atoms with E-state index in [-0.39, 0.29) is 5.60 Å². The normalized spacial score (nSPS) is 26.1. The van der Waals surface area contributed by atoms with Crippen molar-refractivity contribution in [3.8, 4) is 0 Å². The molecular formula is C18H26ClNO. The van der Waals surface area contributed by atoms with E-state index in [1.165, 1.54) is 50.5 Å². The molecule has 1 N–H and O–H groups in total. The van der Waals surface area contributed by atoms with Gasteiger partial charge in [0.15, 0.2) is 0 Å². The van der Waals surface area contributed by atoms with Crippen LogP contribution in [0.3, 0.4) is 0 Å². The average Bonchev–Trinajstić information content (AvgIpc) is 2.89. The molecule has 1 aromatic rings. The third-order valence-electron chi connectivity index (χ3n) is 5.13. The Kier molecular flexibility index (Phi) is 4.88. The zero-order valence-corrected chi connectivity index (χ0v) is 13.7. The summed E-state index contributed by atoms with van der Waals surface area (Å²) in [4.78, 5) is 0. The highest BCUT2D eigenvalue weighted by molar-refractivity contribution is 6.30. The standard InChI is InChI=1S/C18H26ClNO/c1-14(15-5-7-16(19)8-6-15)20-13-17-9-12-18(21-17)10-3-2-4-11-18/h5-8,14,17,20H,2-4,9-13H2,1H3. The van der Waals surface area contributed by atoms with Gasteiger partial charge in [-0.25, -0.2) is 0 Å². The Labute approximate surface area is 133 Å². The lowest BCUT2D eigenvalue weighted by Gasteiger charge is -2.33. The first kappa shape index (κ1) is 15.3. The third-order valence-corrected chi connectivity index (χ3v) is 5.38. The van der Waals surface area contributed by atoms with Crippen molar-refractivity contribution in [2.75, 3.05) is 6.54 Å². The Morgan fingerprint density at radius 1 is 1.19 bits per heavy atom. The first-order valence-electron chi connectivity index (χ1n) is 8.34. The van der Waals surface area contributed by atoms with Gasteiger partial charge >= 0.3 is 0 Å². The molecule has 1 aliphatic carbocycles. The van der Waals surface area contributed by atoms with Gasteiger partial charge in [0.25, 0.3) is 0 Å². The van der Waals surface area contributed by atoms with Gasteiger partial charge < -0.3 is 10.1 Å². The van der Waals surface area contributed by atoms with E-state index >= 15 is 0 Å². The van der Waals surface area contributed by atoms with Crippen molar-refractivity contribution in [2.45, 2.75) is 69.6 Å². The number of halogens is 1. The highest BCUT2D eigenvalue weighted by atomic mass is 35.5. The van der Waals surface area contributed by atoms with Crippen molar-refractivity contribution in [1.29, 1.82) is 0 Å². The second-order valence-electron chi connectivity index (χ2n) is 6.70. The van der Waals surface area contributed by atoms with E-state index in [0.29, 0.717) is 12.1 Å². The summed E-state index contributed by atoms with van der Waals surface area (Å²) in [6.07, 6.45) is 9.49. The van der Waals surface area contributed by atoms with Gasteiger partial charge in [-0.3, -0.25) is 0 Å². The number of ether oxygens (including phenoxy) is 1. The topological polar surface area (TPSA) is 21.3 Å². The van der Waals surface area contributed by atoms with Crippen LogP contribution in [-0.4, -0.2) is 18.2 Å². The molecule has 1 spiro atoms. The predicted octanol–water partition coefficient (Wildman–Crippen LogP) is 4.87. The molecule has 0 bridgehead atoms. The van der Waals surface area contributed by atoms with Gasteiger partial charge in [-0.2, -0.15) is 0 Å². The van der Waals surface area contributed by atoms with E-state index in [1.807, 2.05) is 12.1 Å². The monoisotopic (exact) mass is 307 g/mol. The summed E-state index contributed by atoms with van der Waals surface area (Å²) in [7, 11) is 0. The van der Waals surface area contributed by atoms with Gasteiger partial charge in [0.2, 0.25) is 0 Å². The fraction of sp³-hybridized carbons (Fsp3) is 0.667. The van der Waals surface area contributed by atoms with Crippen molar-refractivity contribution < 1.29 is 4.74 Å². The van der Waals surface area contributed by atoms with Crippen LogP contribution in [-0.2, 0) is 4.74 Å². The number of rotatable bonds is 4. The molecular weight excluding hydrogens is 282 g/mol. The van der Waals surface area contributed by atoms with Crippen LogP contribution in [0.2, 0.25) is 5.02 Å². The van der Waals surface area contributed by atoms with Crippen molar-refractivity contribution in [3.05, 3.63) is 34.9 Å². The van der Waals surface area contributed by atoms with Crippen LogP contribution < -0.4 is 5.32 Å². The molecule has 21 heavy (non-hydrogen) atoms. The largest absolute Gasteiger partial charge is 0.370 e. The first-order valence-corrected chi connectivity index (χ1v) is 8.71. The molecule has 1 aromatic carbocycles. The van der Waals surface area contributed by atoms with Gasteiger partial charge in [0.1, 0.15) is 0 Å². The maximum absolute atomic E-state index is 6.41. The molecule has 2 aliphatic rings. The molecule has 3 rings (SSSR count). The zero-order chi connectivity index (χ0) is 14.7. The molecule has 2 unspecified atom stereocenters. The average molecular weight is 308 g/mol. The molecule has 2 fully saturated rings. The summed E-state index contributed by atoms with van der Waals surface area (Å²) < 4.78 is 6.41. The van der Waals surface area contributed by atoms with Gasteiger partial charge in [0, 0.05) is 17.6 Å². The Morgan fingerprint density at radius 3 is 2.62 bits per heavy atom. The number of nitrogens with one attached hydrogen (secondary N) is 1. The fourth-order valence-electron chi connectivity index (χ4n) is 3.78. The van der Waals surface area contributed by atoms with Crippen LogP contribution in [0, 0.1) is 0 Å². The van der Waals surface area contributed by atoms with E-state index < -0.39 is 0 Å². The highest BCUT2D eigenvalue weighted by Gasteiger charge is 2.40. The Morgan fingerprint density at radius 2 is 1.90 bits per heavy atom. The van der Waals surface area contributed by atoms with E-state index in [2.05, 4.69) is 24.4 Å². The first-order chi connectivity index (χ1) is 10.2. The molecule has 116 valence electrons. The molecule has 0 amide bonds. The van der Waals surface area contributed by atoms with E-state index in [1.54, 1.807) is 0 Å². The summed E-state index contributed by atoms with van der Waals surface area (Å²) >= 11 is 5.94. The van der Waals surface area contributed by atoms with Crippen molar-refractivity contribution in [1.82, 2.24) is 5.32 Å². The maximum atomic E-state index is 6.41. The molecule has 2 nitrogen and oxygen atoms in total. The minimum Gasteiger partial charge on any atom is -0.370 e. The van der Waals surface area contributed by atoms with Crippen LogP contribution >= 0.6 is 11.6 Å². The summed E-state index contributed by atoms with van der Waals surface area (Å²) in [5.41, 5.74) is 1.51. The van der Waals surface area contributed by atoms with Crippen molar-refractivity contribution in [2.24, 2.45) is 0 Å². The lowest BCUT2D eigenvalue weighted by Crippen LogP contribution is -2.35. The van der Waals surface area contributed by atoms with Gasteiger partial charge in [-0.15, -0.1) is 0 Å². The molecule has 1 saturated carbocycles. The fourth-order valence-corrected chi connectivity index (χ4v) is 3.91. The van der Waals surface area contributed by atoms with Crippen LogP contribution in [0.25, 0.3) is 0 Å². The summed E-state index contributed by atoms with van der Waals surface area (Å²) in [5, 5.41) is 4.41. The quantitative estimate of drug-likeness (QED) is 0.856. The molecule has 0 aromatic heterocycles. The molecule has 2 atom stereocenters. The Hall–Kier alpha value is -0.570. The summed E-state index contributed by atoms with van der Waals surface area (Å²) in [6, 6.07) is 8.45. The van der Waals surface area contributed by atoms with Crippen LogP contribution in [0.5, 0.6) is 0 Å². The van der Waals surface area contributed by atoms with Crippen LogP contribution in [0.1, 0.15) is 63.5 Å². The lowest BCUT2D eigenvalue weighted by atomic mass is 9.83. The second kappa shape index (κ2) is 6.68. The molecule has 0 radical (unpaired) electrons. The Balaban J connectivity index is 1.48. The van der Waals surface area contributed by atoms with E-state index in [4.69, 9.17) is 16.3 Å². The molecule has 3 heteroatoms. The minimum atomic E-state index is 0.230. The summed E-state index contributed by atoms with van der Waals surface area (Å²) in [5.74, 6) is 0.